The number of rotatable bonds is 13. The second-order valence-electron chi connectivity index (χ2n) is 11.2. The number of hydrogen-bond donors (Lipinski definition) is 2. The minimum Gasteiger partial charge on any atom is -0.469 e. The van der Waals surface area contributed by atoms with Crippen molar-refractivity contribution in [2.75, 3.05) is 24.4 Å². The lowest BCUT2D eigenvalue weighted by Crippen LogP contribution is -2.23. The number of nitrogens with one attached hydrogen (secondary N) is 2. The number of imidazole rings is 1. The third-order valence-electron chi connectivity index (χ3n) is 8.12. The predicted molar refractivity (Wildman–Crippen MR) is 158 cm³/mol. The first-order valence-corrected chi connectivity index (χ1v) is 15.2. The van der Waals surface area contributed by atoms with Crippen LogP contribution in [-0.4, -0.2) is 45.2 Å². The van der Waals surface area contributed by atoms with Crippen LogP contribution in [0.4, 0.5) is 17.5 Å². The van der Waals surface area contributed by atoms with Gasteiger partial charge in [-0.2, -0.15) is 9.97 Å². The number of carbonyl (C=O) groups excluding carboxylic acids is 1. The Bertz CT molecular complexity index is 1220. The first-order chi connectivity index (χ1) is 19.7. The summed E-state index contributed by atoms with van der Waals surface area (Å²) >= 11 is 0. The van der Waals surface area contributed by atoms with Crippen LogP contribution in [0.2, 0.25) is 0 Å². The third-order valence-corrected chi connectivity index (χ3v) is 8.12. The van der Waals surface area contributed by atoms with Crippen LogP contribution in [0.3, 0.4) is 0 Å². The number of fused-ring (bicyclic) bond motifs is 1. The van der Waals surface area contributed by atoms with Gasteiger partial charge in [0.2, 0.25) is 5.95 Å². The quantitative estimate of drug-likeness (QED) is 0.173. The molecule has 9 heteroatoms. The molecule has 0 bridgehead atoms. The Balaban J connectivity index is 1.23. The van der Waals surface area contributed by atoms with Gasteiger partial charge < -0.3 is 20.1 Å². The maximum atomic E-state index is 11.2. The van der Waals surface area contributed by atoms with Gasteiger partial charge in [-0.05, 0) is 69.1 Å². The Morgan fingerprint density at radius 1 is 0.975 bits per heavy atom. The van der Waals surface area contributed by atoms with Gasteiger partial charge in [0.15, 0.2) is 17.0 Å². The van der Waals surface area contributed by atoms with E-state index in [9.17, 15) is 4.79 Å². The number of aryl methyl sites for hydroxylation is 1. The van der Waals surface area contributed by atoms with E-state index >= 15 is 0 Å². The van der Waals surface area contributed by atoms with Gasteiger partial charge in [-0.15, -0.1) is 0 Å². The van der Waals surface area contributed by atoms with E-state index < -0.39 is 0 Å². The summed E-state index contributed by atoms with van der Waals surface area (Å²) in [7, 11) is 1.45. The summed E-state index contributed by atoms with van der Waals surface area (Å²) in [4.78, 5) is 25.7. The lowest BCUT2D eigenvalue weighted by atomic mass is 9.95. The highest BCUT2D eigenvalue weighted by molar-refractivity contribution is 5.85. The molecule has 1 aliphatic carbocycles. The molecule has 9 nitrogen and oxygen atoms in total. The molecule has 2 N–H and O–H groups in total. The summed E-state index contributed by atoms with van der Waals surface area (Å²) in [6.45, 7) is 0.773. The molecule has 1 saturated heterocycles. The summed E-state index contributed by atoms with van der Waals surface area (Å²) in [6.07, 6.45) is 18.2. The van der Waals surface area contributed by atoms with E-state index in [4.69, 9.17) is 24.4 Å². The van der Waals surface area contributed by atoms with Crippen molar-refractivity contribution in [3.8, 4) is 0 Å². The standard InChI is InChI=1S/C31H44N6O3/c1-39-27(38)16-9-4-2-3-6-12-23-17-19-25(20-18-23)34-31-35-29(33-24-13-7-5-8-14-24)28-30(36-31)37(22-32-28)26-15-10-11-21-40-26/h17-20,22,24,26H,2-16,21H2,1H3,(H2,33,34,35,36). The van der Waals surface area contributed by atoms with E-state index in [0.29, 0.717) is 18.4 Å². The van der Waals surface area contributed by atoms with E-state index in [-0.39, 0.29) is 12.2 Å². The van der Waals surface area contributed by atoms with Crippen molar-refractivity contribution >= 4 is 34.6 Å². The first kappa shape index (κ1) is 28.3. The van der Waals surface area contributed by atoms with Crippen LogP contribution in [-0.2, 0) is 20.7 Å². The fourth-order valence-corrected chi connectivity index (χ4v) is 5.78. The molecule has 2 fully saturated rings. The largest absolute Gasteiger partial charge is 0.469 e. The lowest BCUT2D eigenvalue weighted by molar-refractivity contribution is -0.140. The first-order valence-electron chi connectivity index (χ1n) is 15.2. The van der Waals surface area contributed by atoms with Crippen molar-refractivity contribution in [1.29, 1.82) is 0 Å². The Morgan fingerprint density at radius 3 is 2.52 bits per heavy atom. The molecule has 40 heavy (non-hydrogen) atoms. The summed E-state index contributed by atoms with van der Waals surface area (Å²) < 4.78 is 12.8. The van der Waals surface area contributed by atoms with Crippen molar-refractivity contribution < 1.29 is 14.3 Å². The van der Waals surface area contributed by atoms with Gasteiger partial charge in [0, 0.05) is 24.8 Å². The molecule has 1 unspecified atom stereocenters. The zero-order chi connectivity index (χ0) is 27.6. The average Bonchev–Trinajstić information content (AvgIpc) is 3.43. The number of anilines is 3. The molecule has 0 spiro atoms. The fraction of sp³-hybridized carbons (Fsp3) is 0.613. The lowest BCUT2D eigenvalue weighted by Gasteiger charge is -2.25. The van der Waals surface area contributed by atoms with Crippen LogP contribution >= 0.6 is 0 Å². The highest BCUT2D eigenvalue weighted by atomic mass is 16.5. The maximum absolute atomic E-state index is 11.2. The molecule has 2 aliphatic rings. The fourth-order valence-electron chi connectivity index (χ4n) is 5.78. The number of nitrogens with zero attached hydrogens (tertiary/aromatic N) is 4. The van der Waals surface area contributed by atoms with Crippen LogP contribution in [0.15, 0.2) is 30.6 Å². The van der Waals surface area contributed by atoms with E-state index in [1.165, 1.54) is 38.4 Å². The van der Waals surface area contributed by atoms with E-state index in [1.807, 2.05) is 6.33 Å². The Kier molecular flexibility index (Phi) is 10.2. The normalized spacial score (nSPS) is 18.1. The summed E-state index contributed by atoms with van der Waals surface area (Å²) in [6, 6.07) is 8.99. The van der Waals surface area contributed by atoms with Gasteiger partial charge in [-0.3, -0.25) is 9.36 Å². The number of esters is 1. The van der Waals surface area contributed by atoms with Gasteiger partial charge in [0.1, 0.15) is 6.23 Å². The van der Waals surface area contributed by atoms with Crippen molar-refractivity contribution in [1.82, 2.24) is 19.5 Å². The van der Waals surface area contributed by atoms with Gasteiger partial charge in [0.05, 0.1) is 13.4 Å². The molecule has 2 aromatic heterocycles. The Labute approximate surface area is 237 Å². The Morgan fingerprint density at radius 2 is 1.75 bits per heavy atom. The minimum absolute atomic E-state index is 0.0313. The van der Waals surface area contributed by atoms with Crippen molar-refractivity contribution in [2.45, 2.75) is 109 Å². The molecule has 0 radical (unpaired) electrons. The topological polar surface area (TPSA) is 103 Å². The van der Waals surface area contributed by atoms with E-state index in [0.717, 1.165) is 93.5 Å². The third kappa shape index (κ3) is 7.71. The van der Waals surface area contributed by atoms with Gasteiger partial charge in [0.25, 0.3) is 0 Å². The zero-order valence-corrected chi connectivity index (χ0v) is 23.9. The van der Waals surface area contributed by atoms with Crippen LogP contribution in [0, 0.1) is 0 Å². The highest BCUT2D eigenvalue weighted by Gasteiger charge is 2.23. The van der Waals surface area contributed by atoms with Crippen LogP contribution in [0.1, 0.15) is 102 Å². The molecule has 3 aromatic rings. The molecule has 5 rings (SSSR count). The number of aromatic nitrogens is 4. The Hall–Kier alpha value is -3.20. The molecule has 1 saturated carbocycles. The minimum atomic E-state index is -0.111. The molecular weight excluding hydrogens is 504 g/mol. The average molecular weight is 549 g/mol. The highest BCUT2D eigenvalue weighted by Crippen LogP contribution is 2.31. The molecule has 1 atom stereocenters. The zero-order valence-electron chi connectivity index (χ0n) is 23.9. The number of benzene rings is 1. The number of methoxy groups -OCH3 is 1. The molecule has 216 valence electrons. The molecule has 3 heterocycles. The summed E-state index contributed by atoms with van der Waals surface area (Å²) in [5, 5.41) is 7.14. The van der Waals surface area contributed by atoms with E-state index in [2.05, 4.69) is 39.5 Å². The smallest absolute Gasteiger partial charge is 0.305 e. The molecule has 1 aliphatic heterocycles. The SMILES string of the molecule is COC(=O)CCCCCCCc1ccc(Nc2nc(NC3CCCCC3)c3ncn(C4CCCCO4)c3n2)cc1. The van der Waals surface area contributed by atoms with Gasteiger partial charge >= 0.3 is 5.97 Å². The number of ether oxygens (including phenoxy) is 2. The monoisotopic (exact) mass is 548 g/mol. The van der Waals surface area contributed by atoms with Crippen LogP contribution < -0.4 is 10.6 Å². The van der Waals surface area contributed by atoms with Gasteiger partial charge in [-0.25, -0.2) is 4.98 Å². The van der Waals surface area contributed by atoms with Crippen molar-refractivity contribution in [3.63, 3.8) is 0 Å². The number of unbranched alkanes of at least 4 members (excludes halogenated alkanes) is 4. The second kappa shape index (κ2) is 14.4. The number of hydrogen-bond acceptors (Lipinski definition) is 8. The summed E-state index contributed by atoms with van der Waals surface area (Å²) in [5.41, 5.74) is 3.91. The number of carbonyl (C=O) groups is 1. The van der Waals surface area contributed by atoms with Crippen molar-refractivity contribution in [3.05, 3.63) is 36.2 Å². The predicted octanol–water partition coefficient (Wildman–Crippen LogP) is 7.07. The van der Waals surface area contributed by atoms with E-state index in [1.54, 1.807) is 0 Å². The maximum Gasteiger partial charge on any atom is 0.305 e. The molecule has 0 amide bonds. The second-order valence-corrected chi connectivity index (χ2v) is 11.2. The molecular formula is C31H44N6O3. The molecule has 1 aromatic carbocycles. The van der Waals surface area contributed by atoms with Crippen molar-refractivity contribution in [2.24, 2.45) is 0 Å². The summed E-state index contributed by atoms with van der Waals surface area (Å²) in [5.74, 6) is 1.26. The van der Waals surface area contributed by atoms with Crippen LogP contribution in [0.25, 0.3) is 11.2 Å². The van der Waals surface area contributed by atoms with Gasteiger partial charge in [-0.1, -0.05) is 50.7 Å². The van der Waals surface area contributed by atoms with Crippen LogP contribution in [0.5, 0.6) is 0 Å².